The van der Waals surface area contributed by atoms with Gasteiger partial charge in [-0.05, 0) is 49.7 Å². The Hall–Kier alpha value is -3.41. The minimum absolute atomic E-state index is 0.133. The molecule has 0 radical (unpaired) electrons. The summed E-state index contributed by atoms with van der Waals surface area (Å²) in [5.41, 5.74) is 4.42. The van der Waals surface area contributed by atoms with Gasteiger partial charge in [-0.2, -0.15) is 5.10 Å². The normalized spacial score (nSPS) is 11.1. The molecule has 0 bridgehead atoms. The van der Waals surface area contributed by atoms with E-state index in [1.54, 1.807) is 22.9 Å². The summed E-state index contributed by atoms with van der Waals surface area (Å²) in [5, 5.41) is 8.38. The number of benzene rings is 2. The molecule has 136 valence electrons. The number of aromatic amines is 1. The third-order valence-electron chi connectivity index (χ3n) is 4.53. The molecule has 5 nitrogen and oxygen atoms in total. The second-order valence-electron chi connectivity index (χ2n) is 6.56. The average molecular weight is 362 g/mol. The topological polar surface area (TPSA) is 62.7 Å². The smallest absolute Gasteiger partial charge is 0.230 e. The summed E-state index contributed by atoms with van der Waals surface area (Å²) in [6.45, 7) is 3.81. The second-order valence-corrected chi connectivity index (χ2v) is 6.56. The van der Waals surface area contributed by atoms with Gasteiger partial charge in [-0.3, -0.25) is 4.79 Å². The summed E-state index contributed by atoms with van der Waals surface area (Å²) in [5.74, 6) is 0.107. The maximum atomic E-state index is 13.2. The number of hydrogen-bond acceptors (Lipinski definition) is 2. The van der Waals surface area contributed by atoms with E-state index in [2.05, 4.69) is 15.4 Å². The Balaban J connectivity index is 1.60. The van der Waals surface area contributed by atoms with Gasteiger partial charge in [-0.15, -0.1) is 0 Å². The first kappa shape index (κ1) is 17.0. The Labute approximate surface area is 155 Å². The lowest BCUT2D eigenvalue weighted by Crippen LogP contribution is -2.17. The van der Waals surface area contributed by atoms with Crippen molar-refractivity contribution in [1.82, 2.24) is 14.8 Å². The highest BCUT2D eigenvalue weighted by atomic mass is 19.1. The molecule has 2 heterocycles. The maximum Gasteiger partial charge on any atom is 0.230 e. The van der Waals surface area contributed by atoms with Crippen LogP contribution in [-0.2, 0) is 11.2 Å². The Bertz CT molecular complexity index is 1130. The molecule has 2 N–H and O–H groups in total. The van der Waals surface area contributed by atoms with Crippen LogP contribution in [0.15, 0.2) is 54.6 Å². The zero-order chi connectivity index (χ0) is 19.0. The van der Waals surface area contributed by atoms with Gasteiger partial charge in [0, 0.05) is 22.7 Å². The molecular weight excluding hydrogens is 343 g/mol. The number of nitrogens with one attached hydrogen (secondary N) is 2. The van der Waals surface area contributed by atoms with Gasteiger partial charge < -0.3 is 10.3 Å². The van der Waals surface area contributed by atoms with Crippen molar-refractivity contribution in [2.75, 3.05) is 5.32 Å². The van der Waals surface area contributed by atoms with Crippen LogP contribution >= 0.6 is 0 Å². The van der Waals surface area contributed by atoms with E-state index in [0.717, 1.165) is 27.9 Å². The highest BCUT2D eigenvalue weighted by molar-refractivity contribution is 5.96. The summed E-state index contributed by atoms with van der Waals surface area (Å²) in [7, 11) is 0. The fourth-order valence-electron chi connectivity index (χ4n) is 3.28. The number of aryl methyl sites for hydroxylation is 2. The van der Waals surface area contributed by atoms with Gasteiger partial charge in [0.15, 0.2) is 0 Å². The molecule has 4 aromatic rings. The quantitative estimate of drug-likeness (QED) is 0.569. The molecular formula is C21H19FN4O. The van der Waals surface area contributed by atoms with Crippen LogP contribution in [0.1, 0.15) is 17.0 Å². The van der Waals surface area contributed by atoms with Crippen LogP contribution in [0.3, 0.4) is 0 Å². The van der Waals surface area contributed by atoms with Crippen LogP contribution in [0.5, 0.6) is 0 Å². The molecule has 0 unspecified atom stereocenters. The van der Waals surface area contributed by atoms with Crippen molar-refractivity contribution in [3.63, 3.8) is 0 Å². The molecule has 0 saturated heterocycles. The van der Waals surface area contributed by atoms with E-state index in [4.69, 9.17) is 0 Å². The minimum atomic E-state index is -0.317. The number of anilines is 1. The van der Waals surface area contributed by atoms with Gasteiger partial charge in [-0.25, -0.2) is 9.07 Å². The Morgan fingerprint density at radius 1 is 1.15 bits per heavy atom. The number of hydrogen-bond donors (Lipinski definition) is 2. The number of aromatic nitrogens is 3. The van der Waals surface area contributed by atoms with E-state index in [1.165, 1.54) is 12.1 Å². The van der Waals surface area contributed by atoms with Crippen LogP contribution in [-0.4, -0.2) is 20.7 Å². The van der Waals surface area contributed by atoms with Crippen molar-refractivity contribution in [3.05, 3.63) is 77.4 Å². The molecule has 27 heavy (non-hydrogen) atoms. The van der Waals surface area contributed by atoms with Crippen LogP contribution in [0, 0.1) is 19.7 Å². The number of rotatable bonds is 4. The molecule has 1 amide bonds. The van der Waals surface area contributed by atoms with Crippen molar-refractivity contribution in [2.45, 2.75) is 20.3 Å². The summed E-state index contributed by atoms with van der Waals surface area (Å²) >= 11 is 0. The van der Waals surface area contributed by atoms with E-state index in [9.17, 15) is 9.18 Å². The highest BCUT2D eigenvalue weighted by Crippen LogP contribution is 2.23. The van der Waals surface area contributed by atoms with Gasteiger partial charge in [-0.1, -0.05) is 18.2 Å². The first-order valence-corrected chi connectivity index (χ1v) is 8.70. The van der Waals surface area contributed by atoms with Gasteiger partial charge in [0.1, 0.15) is 11.6 Å². The standard InChI is InChI=1S/C21H19FN4O/c1-13-11-20(26(25-13)16-9-7-15(22)8-10-16)24-21(27)12-18-14(2)23-19-6-4-3-5-17(18)19/h3-11,23H,12H2,1-2H3,(H,24,27). The highest BCUT2D eigenvalue weighted by Gasteiger charge is 2.15. The molecule has 0 spiro atoms. The zero-order valence-corrected chi connectivity index (χ0v) is 15.1. The lowest BCUT2D eigenvalue weighted by Gasteiger charge is -2.09. The number of H-pyrrole nitrogens is 1. The number of carbonyl (C=O) groups excluding carboxylic acids is 1. The number of nitrogens with zero attached hydrogens (tertiary/aromatic N) is 2. The second kappa shape index (κ2) is 6.72. The largest absolute Gasteiger partial charge is 0.358 e. The molecule has 2 aromatic carbocycles. The molecule has 2 aromatic heterocycles. The van der Waals surface area contributed by atoms with Crippen LogP contribution in [0.2, 0.25) is 0 Å². The van der Waals surface area contributed by atoms with E-state index in [0.29, 0.717) is 11.5 Å². The number of halogens is 1. The Morgan fingerprint density at radius 3 is 2.67 bits per heavy atom. The van der Waals surface area contributed by atoms with Crippen molar-refractivity contribution in [2.24, 2.45) is 0 Å². The first-order chi connectivity index (χ1) is 13.0. The van der Waals surface area contributed by atoms with Gasteiger partial charge in [0.05, 0.1) is 17.8 Å². The molecule has 0 atom stereocenters. The van der Waals surface area contributed by atoms with Crippen LogP contribution in [0.4, 0.5) is 10.2 Å². The summed E-state index contributed by atoms with van der Waals surface area (Å²) in [6.07, 6.45) is 0.253. The Morgan fingerprint density at radius 2 is 1.89 bits per heavy atom. The number of carbonyl (C=O) groups is 1. The summed E-state index contributed by atoms with van der Waals surface area (Å²) in [4.78, 5) is 16.0. The molecule has 6 heteroatoms. The lowest BCUT2D eigenvalue weighted by molar-refractivity contribution is -0.115. The third-order valence-corrected chi connectivity index (χ3v) is 4.53. The monoisotopic (exact) mass is 362 g/mol. The van der Waals surface area contributed by atoms with Gasteiger partial charge in [0.25, 0.3) is 0 Å². The molecule has 0 aliphatic carbocycles. The fourth-order valence-corrected chi connectivity index (χ4v) is 3.28. The first-order valence-electron chi connectivity index (χ1n) is 8.70. The molecule has 0 aliphatic heterocycles. The minimum Gasteiger partial charge on any atom is -0.358 e. The van der Waals surface area contributed by atoms with E-state index >= 15 is 0 Å². The van der Waals surface area contributed by atoms with Crippen molar-refractivity contribution >= 4 is 22.6 Å². The fraction of sp³-hybridized carbons (Fsp3) is 0.143. The van der Waals surface area contributed by atoms with Crippen molar-refractivity contribution < 1.29 is 9.18 Å². The molecule has 0 aliphatic rings. The number of fused-ring (bicyclic) bond motifs is 1. The third kappa shape index (κ3) is 3.33. The van der Waals surface area contributed by atoms with Gasteiger partial charge >= 0.3 is 0 Å². The predicted molar refractivity (Wildman–Crippen MR) is 104 cm³/mol. The maximum absolute atomic E-state index is 13.2. The van der Waals surface area contributed by atoms with Crippen LogP contribution in [0.25, 0.3) is 16.6 Å². The molecule has 0 fully saturated rings. The van der Waals surface area contributed by atoms with E-state index in [1.807, 2.05) is 38.1 Å². The lowest BCUT2D eigenvalue weighted by atomic mass is 10.1. The molecule has 4 rings (SSSR count). The number of para-hydroxylation sites is 1. The van der Waals surface area contributed by atoms with Crippen LogP contribution < -0.4 is 5.32 Å². The molecule has 0 saturated carbocycles. The predicted octanol–water partition coefficient (Wildman–Crippen LogP) is 4.29. The Kier molecular flexibility index (Phi) is 4.24. The zero-order valence-electron chi connectivity index (χ0n) is 15.1. The summed E-state index contributed by atoms with van der Waals surface area (Å²) in [6, 6.07) is 15.7. The van der Waals surface area contributed by atoms with Crippen molar-refractivity contribution in [1.29, 1.82) is 0 Å². The summed E-state index contributed by atoms with van der Waals surface area (Å²) < 4.78 is 14.8. The number of amides is 1. The van der Waals surface area contributed by atoms with Crippen molar-refractivity contribution in [3.8, 4) is 5.69 Å². The SMILES string of the molecule is Cc1cc(NC(=O)Cc2c(C)[nH]c3ccccc23)n(-c2ccc(F)cc2)n1. The average Bonchev–Trinajstić information content (AvgIpc) is 3.15. The van der Waals surface area contributed by atoms with E-state index in [-0.39, 0.29) is 18.1 Å². The van der Waals surface area contributed by atoms with Gasteiger partial charge in [0.2, 0.25) is 5.91 Å². The van der Waals surface area contributed by atoms with E-state index < -0.39 is 0 Å².